The highest BCUT2D eigenvalue weighted by Crippen LogP contribution is 2.14. The molecule has 0 atom stereocenters. The molecule has 0 amide bonds. The fraction of sp³-hybridized carbons (Fsp3) is 0.286. The van der Waals surface area contributed by atoms with Gasteiger partial charge in [0.25, 0.3) is 5.56 Å². The Labute approximate surface area is 183 Å². The molecule has 3 aromatic rings. The van der Waals surface area contributed by atoms with Gasteiger partial charge in [0.2, 0.25) is 0 Å². The van der Waals surface area contributed by atoms with E-state index in [2.05, 4.69) is 51.6 Å². The zero-order valence-electron chi connectivity index (χ0n) is 16.1. The Morgan fingerprint density at radius 3 is 2.64 bits per heavy atom. The van der Waals surface area contributed by atoms with Crippen molar-refractivity contribution in [2.45, 2.75) is 33.4 Å². The fourth-order valence-corrected chi connectivity index (χ4v) is 4.00. The van der Waals surface area contributed by atoms with Crippen LogP contribution < -0.4 is 10.9 Å². The summed E-state index contributed by atoms with van der Waals surface area (Å²) in [5, 5.41) is 4.58. The third kappa shape index (κ3) is 4.70. The number of anilines is 1. The Balaban J connectivity index is 1.82. The van der Waals surface area contributed by atoms with E-state index in [0.29, 0.717) is 29.4 Å². The molecular formula is C21H23IN4OS. The third-order valence-electron chi connectivity index (χ3n) is 4.58. The lowest BCUT2D eigenvalue weighted by Crippen LogP contribution is -2.43. The zero-order chi connectivity index (χ0) is 20.3. The van der Waals surface area contributed by atoms with Crippen molar-refractivity contribution in [2.75, 3.05) is 11.9 Å². The number of hydrogen-bond donors (Lipinski definition) is 1. The van der Waals surface area contributed by atoms with Crippen molar-refractivity contribution in [3.05, 3.63) is 68.3 Å². The number of nitrogens with one attached hydrogen (secondary N) is 1. The van der Waals surface area contributed by atoms with Crippen LogP contribution in [0.2, 0.25) is 0 Å². The van der Waals surface area contributed by atoms with Crippen LogP contribution in [0.5, 0.6) is 0 Å². The van der Waals surface area contributed by atoms with E-state index in [1.54, 1.807) is 4.57 Å². The number of nitrogens with zero attached hydrogens (tertiary/aromatic N) is 3. The van der Waals surface area contributed by atoms with Gasteiger partial charge in [0.15, 0.2) is 5.11 Å². The van der Waals surface area contributed by atoms with E-state index in [1.165, 1.54) is 0 Å². The average molecular weight is 506 g/mol. The first-order chi connectivity index (χ1) is 13.4. The molecular weight excluding hydrogens is 483 g/mol. The summed E-state index contributed by atoms with van der Waals surface area (Å²) >= 11 is 7.83. The lowest BCUT2D eigenvalue weighted by molar-refractivity contribution is 0.335. The smallest absolute Gasteiger partial charge is 0.261 e. The number of hydrogen-bond acceptors (Lipinski definition) is 3. The van der Waals surface area contributed by atoms with Crippen LogP contribution in [0.25, 0.3) is 10.9 Å². The van der Waals surface area contributed by atoms with Crippen LogP contribution >= 0.6 is 34.8 Å². The molecule has 7 heteroatoms. The van der Waals surface area contributed by atoms with Crippen LogP contribution in [0.1, 0.15) is 19.7 Å². The maximum absolute atomic E-state index is 13.0. The first kappa shape index (κ1) is 20.7. The number of thiocarbonyl (C=S) groups is 1. The van der Waals surface area contributed by atoms with Crippen LogP contribution in [-0.2, 0) is 6.54 Å². The number of rotatable bonds is 5. The van der Waals surface area contributed by atoms with E-state index in [4.69, 9.17) is 12.2 Å². The lowest BCUT2D eigenvalue weighted by atomic mass is 10.2. The molecule has 2 aromatic carbocycles. The first-order valence-corrected chi connectivity index (χ1v) is 10.6. The van der Waals surface area contributed by atoms with E-state index in [-0.39, 0.29) is 11.6 Å². The van der Waals surface area contributed by atoms with Crippen LogP contribution in [0.4, 0.5) is 5.69 Å². The topological polar surface area (TPSA) is 50.2 Å². The largest absolute Gasteiger partial charge is 0.345 e. The molecule has 1 heterocycles. The summed E-state index contributed by atoms with van der Waals surface area (Å²) in [6.45, 7) is 7.20. The summed E-state index contributed by atoms with van der Waals surface area (Å²) in [4.78, 5) is 19.7. The van der Waals surface area contributed by atoms with Crippen LogP contribution in [-0.4, -0.2) is 32.2 Å². The van der Waals surface area contributed by atoms with Gasteiger partial charge in [-0.3, -0.25) is 9.36 Å². The molecule has 0 aliphatic rings. The van der Waals surface area contributed by atoms with E-state index in [0.717, 1.165) is 14.8 Å². The van der Waals surface area contributed by atoms with Crippen molar-refractivity contribution in [3.8, 4) is 0 Å². The standard InChI is InChI=1S/C21H23IN4OS/c1-14(2)25(21(28)24-17-7-5-4-6-8-17)11-12-26-15(3)23-19-10-9-16(22)13-18(19)20(26)27/h4-10,13-14H,11-12H2,1-3H3,(H,24,28). The Kier molecular flexibility index (Phi) is 6.66. The molecule has 146 valence electrons. The van der Waals surface area contributed by atoms with Gasteiger partial charge in [-0.1, -0.05) is 18.2 Å². The zero-order valence-corrected chi connectivity index (χ0v) is 19.1. The number of para-hydroxylation sites is 1. The van der Waals surface area contributed by atoms with Gasteiger partial charge in [0.1, 0.15) is 5.82 Å². The van der Waals surface area contributed by atoms with Crippen molar-refractivity contribution >= 4 is 56.5 Å². The lowest BCUT2D eigenvalue weighted by Gasteiger charge is -2.30. The van der Waals surface area contributed by atoms with Gasteiger partial charge in [0.05, 0.1) is 10.9 Å². The summed E-state index contributed by atoms with van der Waals surface area (Å²) in [5.41, 5.74) is 1.68. The second kappa shape index (κ2) is 9.00. The second-order valence-corrected chi connectivity index (χ2v) is 8.49. The summed E-state index contributed by atoms with van der Waals surface area (Å²) < 4.78 is 2.76. The molecule has 3 rings (SSSR count). The number of aryl methyl sites for hydroxylation is 1. The second-order valence-electron chi connectivity index (χ2n) is 6.86. The summed E-state index contributed by atoms with van der Waals surface area (Å²) in [5.74, 6) is 0.712. The molecule has 0 saturated heterocycles. The molecule has 0 spiro atoms. The van der Waals surface area contributed by atoms with Gasteiger partial charge in [-0.05, 0) is 85.9 Å². The Bertz CT molecular complexity index is 1050. The number of benzene rings is 2. The normalized spacial score (nSPS) is 11.0. The van der Waals surface area contributed by atoms with Crippen LogP contribution in [0.15, 0.2) is 53.3 Å². The van der Waals surface area contributed by atoms with Crippen molar-refractivity contribution in [2.24, 2.45) is 0 Å². The predicted octanol–water partition coefficient (Wildman–Crippen LogP) is 4.42. The molecule has 0 fully saturated rings. The van der Waals surface area contributed by atoms with Gasteiger partial charge in [-0.15, -0.1) is 0 Å². The summed E-state index contributed by atoms with van der Waals surface area (Å²) in [7, 11) is 0. The van der Waals surface area contributed by atoms with E-state index >= 15 is 0 Å². The monoisotopic (exact) mass is 506 g/mol. The number of fused-ring (bicyclic) bond motifs is 1. The highest BCUT2D eigenvalue weighted by molar-refractivity contribution is 14.1. The van der Waals surface area contributed by atoms with Crippen LogP contribution in [0.3, 0.4) is 0 Å². The molecule has 5 nitrogen and oxygen atoms in total. The minimum Gasteiger partial charge on any atom is -0.345 e. The maximum atomic E-state index is 13.0. The summed E-state index contributed by atoms with van der Waals surface area (Å²) in [6.07, 6.45) is 0. The molecule has 1 N–H and O–H groups in total. The first-order valence-electron chi connectivity index (χ1n) is 9.16. The van der Waals surface area contributed by atoms with Crippen molar-refractivity contribution in [1.82, 2.24) is 14.5 Å². The van der Waals surface area contributed by atoms with Crippen molar-refractivity contribution in [3.63, 3.8) is 0 Å². The van der Waals surface area contributed by atoms with E-state index in [1.807, 2.05) is 55.5 Å². The molecule has 0 aliphatic heterocycles. The third-order valence-corrected chi connectivity index (χ3v) is 5.59. The Morgan fingerprint density at radius 2 is 1.96 bits per heavy atom. The Morgan fingerprint density at radius 1 is 1.25 bits per heavy atom. The molecule has 28 heavy (non-hydrogen) atoms. The van der Waals surface area contributed by atoms with Gasteiger partial charge >= 0.3 is 0 Å². The van der Waals surface area contributed by atoms with Gasteiger partial charge < -0.3 is 10.2 Å². The van der Waals surface area contributed by atoms with Crippen molar-refractivity contribution in [1.29, 1.82) is 0 Å². The van der Waals surface area contributed by atoms with Gasteiger partial charge in [-0.25, -0.2) is 4.98 Å². The SMILES string of the molecule is Cc1nc2ccc(I)cc2c(=O)n1CCN(C(=S)Nc1ccccc1)C(C)C. The van der Waals surface area contributed by atoms with Gasteiger partial charge in [0, 0.05) is 28.4 Å². The fourth-order valence-electron chi connectivity index (χ4n) is 3.09. The Hall–Kier alpha value is -2.00. The maximum Gasteiger partial charge on any atom is 0.261 e. The van der Waals surface area contributed by atoms with Crippen molar-refractivity contribution < 1.29 is 0 Å². The minimum atomic E-state index is -0.00772. The minimum absolute atomic E-state index is 0.00772. The molecule has 0 unspecified atom stereocenters. The highest BCUT2D eigenvalue weighted by atomic mass is 127. The highest BCUT2D eigenvalue weighted by Gasteiger charge is 2.16. The molecule has 1 aromatic heterocycles. The number of aromatic nitrogens is 2. The molecule has 0 saturated carbocycles. The quantitative estimate of drug-likeness (QED) is 0.411. The molecule has 0 aliphatic carbocycles. The summed E-state index contributed by atoms with van der Waals surface area (Å²) in [6, 6.07) is 15.8. The van der Waals surface area contributed by atoms with Gasteiger partial charge in [-0.2, -0.15) is 0 Å². The predicted molar refractivity (Wildman–Crippen MR) is 128 cm³/mol. The molecule has 0 radical (unpaired) electrons. The number of halogens is 1. The van der Waals surface area contributed by atoms with E-state index in [9.17, 15) is 4.79 Å². The average Bonchev–Trinajstić information content (AvgIpc) is 2.65. The van der Waals surface area contributed by atoms with Crippen LogP contribution in [0, 0.1) is 10.5 Å². The van der Waals surface area contributed by atoms with E-state index < -0.39 is 0 Å². The molecule has 0 bridgehead atoms.